The van der Waals surface area contributed by atoms with Crippen molar-refractivity contribution in [2.24, 2.45) is 0 Å². The smallest absolute Gasteiger partial charge is 0.269 e. The van der Waals surface area contributed by atoms with Crippen molar-refractivity contribution in [1.29, 1.82) is 0 Å². The maximum absolute atomic E-state index is 10.6. The van der Waals surface area contributed by atoms with E-state index in [4.69, 9.17) is 9.47 Å². The monoisotopic (exact) mass is 273 g/mol. The summed E-state index contributed by atoms with van der Waals surface area (Å²) in [5, 5.41) is 10.6. The number of hydrogen-bond acceptors (Lipinski definition) is 4. The lowest BCUT2D eigenvalue weighted by atomic mass is 10.1. The van der Waals surface area contributed by atoms with E-state index in [-0.39, 0.29) is 11.8 Å². The topological polar surface area (TPSA) is 61.6 Å². The number of benzene rings is 2. The molecular formula is C15H15NO4. The summed E-state index contributed by atoms with van der Waals surface area (Å²) in [6.45, 7) is 1.92. The van der Waals surface area contributed by atoms with Crippen molar-refractivity contribution >= 4 is 5.69 Å². The number of hydrogen-bond donors (Lipinski definition) is 0. The molecule has 0 bridgehead atoms. The van der Waals surface area contributed by atoms with Crippen LogP contribution in [0.5, 0.6) is 11.5 Å². The maximum atomic E-state index is 10.6. The molecule has 5 nitrogen and oxygen atoms in total. The van der Waals surface area contributed by atoms with E-state index in [1.807, 2.05) is 31.2 Å². The molecule has 2 aromatic carbocycles. The van der Waals surface area contributed by atoms with Crippen LogP contribution in [0.1, 0.15) is 18.6 Å². The predicted octanol–water partition coefficient (Wildman–Crippen LogP) is 3.74. The van der Waals surface area contributed by atoms with Crippen LogP contribution in [0.25, 0.3) is 0 Å². The Hall–Kier alpha value is -2.56. The summed E-state index contributed by atoms with van der Waals surface area (Å²) in [6.07, 6.45) is -0.151. The highest BCUT2D eigenvalue weighted by atomic mass is 16.6. The zero-order valence-electron chi connectivity index (χ0n) is 11.3. The van der Waals surface area contributed by atoms with E-state index >= 15 is 0 Å². The summed E-state index contributed by atoms with van der Waals surface area (Å²) >= 11 is 0. The van der Waals surface area contributed by atoms with Crippen molar-refractivity contribution in [3.05, 3.63) is 64.2 Å². The highest BCUT2D eigenvalue weighted by Crippen LogP contribution is 2.25. The van der Waals surface area contributed by atoms with Gasteiger partial charge in [0.1, 0.15) is 17.6 Å². The number of nitro benzene ring substituents is 1. The van der Waals surface area contributed by atoms with E-state index in [1.54, 1.807) is 19.2 Å². The molecule has 0 saturated carbocycles. The van der Waals surface area contributed by atoms with Crippen LogP contribution in [0.15, 0.2) is 48.5 Å². The molecular weight excluding hydrogens is 258 g/mol. The Morgan fingerprint density at radius 1 is 1.00 bits per heavy atom. The van der Waals surface area contributed by atoms with E-state index in [0.717, 1.165) is 11.3 Å². The first-order valence-corrected chi connectivity index (χ1v) is 6.15. The maximum Gasteiger partial charge on any atom is 0.269 e. The standard InChI is InChI=1S/C15H15NO4/c1-11(12-3-7-14(19-2)8-4-12)20-15-9-5-13(6-10-15)16(17)18/h3-11H,1-2H3. The molecule has 5 heteroatoms. The molecule has 20 heavy (non-hydrogen) atoms. The molecule has 0 spiro atoms. The fourth-order valence-corrected chi connectivity index (χ4v) is 1.79. The van der Waals surface area contributed by atoms with Crippen molar-refractivity contribution in [2.75, 3.05) is 7.11 Å². The lowest BCUT2D eigenvalue weighted by Gasteiger charge is -2.15. The van der Waals surface area contributed by atoms with Gasteiger partial charge in [-0.3, -0.25) is 10.1 Å². The normalized spacial score (nSPS) is 11.7. The number of methoxy groups -OCH3 is 1. The molecule has 1 atom stereocenters. The summed E-state index contributed by atoms with van der Waals surface area (Å²) in [4.78, 5) is 10.1. The molecule has 0 heterocycles. The minimum absolute atomic E-state index is 0.0504. The highest BCUT2D eigenvalue weighted by molar-refractivity contribution is 5.36. The Balaban J connectivity index is 2.06. The quantitative estimate of drug-likeness (QED) is 0.615. The van der Waals surface area contributed by atoms with Gasteiger partial charge >= 0.3 is 0 Å². The average Bonchev–Trinajstić information content (AvgIpc) is 2.48. The van der Waals surface area contributed by atoms with E-state index in [0.29, 0.717) is 5.75 Å². The third-order valence-electron chi connectivity index (χ3n) is 2.95. The van der Waals surface area contributed by atoms with Gasteiger partial charge in [-0.2, -0.15) is 0 Å². The SMILES string of the molecule is COc1ccc(C(C)Oc2ccc([N+](=O)[O-])cc2)cc1. The van der Waals surface area contributed by atoms with Crippen LogP contribution in [-0.2, 0) is 0 Å². The molecule has 0 amide bonds. The van der Waals surface area contributed by atoms with Gasteiger partial charge in [0, 0.05) is 12.1 Å². The highest BCUT2D eigenvalue weighted by Gasteiger charge is 2.09. The molecule has 1 unspecified atom stereocenters. The van der Waals surface area contributed by atoms with Crippen LogP contribution < -0.4 is 9.47 Å². The second kappa shape index (κ2) is 6.06. The van der Waals surface area contributed by atoms with E-state index in [9.17, 15) is 10.1 Å². The third-order valence-corrected chi connectivity index (χ3v) is 2.95. The van der Waals surface area contributed by atoms with Crippen molar-refractivity contribution in [3.63, 3.8) is 0 Å². The number of nitrogens with zero attached hydrogens (tertiary/aromatic N) is 1. The van der Waals surface area contributed by atoms with Gasteiger partial charge in [0.15, 0.2) is 0 Å². The Morgan fingerprint density at radius 3 is 2.05 bits per heavy atom. The first kappa shape index (κ1) is 13.9. The summed E-state index contributed by atoms with van der Waals surface area (Å²) < 4.78 is 10.8. The minimum atomic E-state index is -0.434. The van der Waals surface area contributed by atoms with Gasteiger partial charge in [0.05, 0.1) is 12.0 Å². The molecule has 0 aliphatic heterocycles. The summed E-state index contributed by atoms with van der Waals surface area (Å²) in [6, 6.07) is 13.6. The Bertz CT molecular complexity index is 578. The van der Waals surface area contributed by atoms with Crippen LogP contribution in [0, 0.1) is 10.1 Å². The van der Waals surface area contributed by atoms with Crippen molar-refractivity contribution < 1.29 is 14.4 Å². The summed E-state index contributed by atoms with van der Waals surface area (Å²) in [5.74, 6) is 1.38. The van der Waals surface area contributed by atoms with Gasteiger partial charge in [-0.25, -0.2) is 0 Å². The molecule has 104 valence electrons. The van der Waals surface area contributed by atoms with Crippen molar-refractivity contribution in [1.82, 2.24) is 0 Å². The minimum Gasteiger partial charge on any atom is -0.497 e. The van der Waals surface area contributed by atoms with E-state index < -0.39 is 4.92 Å². The average molecular weight is 273 g/mol. The molecule has 2 rings (SSSR count). The fraction of sp³-hybridized carbons (Fsp3) is 0.200. The molecule has 2 aromatic rings. The number of nitro groups is 1. The fourth-order valence-electron chi connectivity index (χ4n) is 1.79. The van der Waals surface area contributed by atoms with Crippen LogP contribution in [0.4, 0.5) is 5.69 Å². The van der Waals surface area contributed by atoms with Crippen LogP contribution in [0.3, 0.4) is 0 Å². The number of non-ortho nitro benzene ring substituents is 1. The van der Waals surface area contributed by atoms with E-state index in [2.05, 4.69) is 0 Å². The lowest BCUT2D eigenvalue weighted by molar-refractivity contribution is -0.384. The lowest BCUT2D eigenvalue weighted by Crippen LogP contribution is -2.03. The van der Waals surface area contributed by atoms with Crippen LogP contribution in [-0.4, -0.2) is 12.0 Å². The van der Waals surface area contributed by atoms with Gasteiger partial charge in [-0.05, 0) is 36.8 Å². The Labute approximate surface area is 116 Å². The van der Waals surface area contributed by atoms with Gasteiger partial charge in [-0.15, -0.1) is 0 Å². The van der Waals surface area contributed by atoms with Crippen LogP contribution in [0.2, 0.25) is 0 Å². The molecule has 0 aliphatic carbocycles. The summed E-state index contributed by atoms with van der Waals surface area (Å²) in [7, 11) is 1.62. The van der Waals surface area contributed by atoms with Gasteiger partial charge in [0.25, 0.3) is 5.69 Å². The zero-order valence-corrected chi connectivity index (χ0v) is 11.3. The van der Waals surface area contributed by atoms with Crippen molar-refractivity contribution in [2.45, 2.75) is 13.0 Å². The van der Waals surface area contributed by atoms with Crippen LogP contribution >= 0.6 is 0 Å². The predicted molar refractivity (Wildman–Crippen MR) is 75.1 cm³/mol. The molecule has 0 N–H and O–H groups in total. The molecule has 0 radical (unpaired) electrons. The number of rotatable bonds is 5. The van der Waals surface area contributed by atoms with Gasteiger partial charge in [0.2, 0.25) is 0 Å². The Kier molecular flexibility index (Phi) is 4.20. The third kappa shape index (κ3) is 3.26. The molecule has 0 aliphatic rings. The largest absolute Gasteiger partial charge is 0.497 e. The van der Waals surface area contributed by atoms with E-state index in [1.165, 1.54) is 12.1 Å². The second-order valence-electron chi connectivity index (χ2n) is 4.28. The second-order valence-corrected chi connectivity index (χ2v) is 4.28. The number of ether oxygens (including phenoxy) is 2. The van der Waals surface area contributed by atoms with Gasteiger partial charge in [-0.1, -0.05) is 12.1 Å². The first-order valence-electron chi connectivity index (χ1n) is 6.15. The van der Waals surface area contributed by atoms with Gasteiger partial charge < -0.3 is 9.47 Å². The Morgan fingerprint density at radius 2 is 1.55 bits per heavy atom. The molecule has 0 aromatic heterocycles. The molecule has 0 fully saturated rings. The van der Waals surface area contributed by atoms with Crippen molar-refractivity contribution in [3.8, 4) is 11.5 Å². The zero-order chi connectivity index (χ0) is 14.5. The first-order chi connectivity index (χ1) is 9.60. The molecule has 0 saturated heterocycles. The summed E-state index contributed by atoms with van der Waals surface area (Å²) in [5.41, 5.74) is 1.05.